The van der Waals surface area contributed by atoms with E-state index in [1.165, 1.54) is 25.3 Å². The molecule has 28 heavy (non-hydrogen) atoms. The number of aryl methyl sites for hydroxylation is 2. The van der Waals surface area contributed by atoms with Crippen LogP contribution in [0, 0.1) is 19.7 Å². The maximum absolute atomic E-state index is 14.3. The van der Waals surface area contributed by atoms with E-state index < -0.39 is 0 Å². The van der Waals surface area contributed by atoms with Crippen molar-refractivity contribution in [3.05, 3.63) is 51.6 Å². The molecule has 1 aromatic carbocycles. The molecule has 0 amide bonds. The number of pyridine rings is 1. The molecule has 1 aliphatic rings. The van der Waals surface area contributed by atoms with Gasteiger partial charge < -0.3 is 10.0 Å². The second-order valence-corrected chi connectivity index (χ2v) is 11.4. The van der Waals surface area contributed by atoms with Crippen molar-refractivity contribution < 1.29 is 4.39 Å². The summed E-state index contributed by atoms with van der Waals surface area (Å²) in [4.78, 5) is 12.4. The van der Waals surface area contributed by atoms with Gasteiger partial charge in [-0.15, -0.1) is 0 Å². The third-order valence-electron chi connectivity index (χ3n) is 4.86. The summed E-state index contributed by atoms with van der Waals surface area (Å²) in [5.74, 6) is 0.247. The first-order chi connectivity index (χ1) is 13.4. The maximum Gasteiger partial charge on any atom is 0.254 e. The summed E-state index contributed by atoms with van der Waals surface area (Å²) < 4.78 is 19.2. The quantitative estimate of drug-likeness (QED) is 0.408. The van der Waals surface area contributed by atoms with E-state index in [-0.39, 0.29) is 18.5 Å². The second kappa shape index (κ2) is 10.3. The molecule has 0 aliphatic heterocycles. The summed E-state index contributed by atoms with van der Waals surface area (Å²) in [5, 5.41) is 3.10. The zero-order valence-electron chi connectivity index (χ0n) is 17.6. The molecule has 0 bridgehead atoms. The van der Waals surface area contributed by atoms with Gasteiger partial charge in [-0.3, -0.25) is 9.36 Å². The Labute approximate surface area is 173 Å². The summed E-state index contributed by atoms with van der Waals surface area (Å²) in [6.45, 7) is 9.94. The first-order valence-electron chi connectivity index (χ1n) is 9.76. The minimum Gasteiger partial charge on any atom is -0.337 e. The molecule has 1 heterocycles. The third-order valence-corrected chi connectivity index (χ3v) is 9.04. The van der Waals surface area contributed by atoms with E-state index in [2.05, 4.69) is 16.7 Å². The topological polar surface area (TPSA) is 46.1 Å². The molecule has 4 nitrogen and oxygen atoms in total. The highest BCUT2D eigenvalue weighted by Gasteiger charge is 2.24. The highest BCUT2D eigenvalue weighted by atomic mass is 32.7. The van der Waals surface area contributed by atoms with Crippen LogP contribution in [0.5, 0.6) is 0 Å². The standard InChI is InChI=1S/C19H25FN3OPS.C2H6/c1-12-8-9-16(15(20)10-12)21-18-17(11-13(2)19(24)23(18)3)22-26-25(4)14-6-5-7-14;1-2/h8-11,14,21-22H,5-7H2,1-4H3;1-2H3. The summed E-state index contributed by atoms with van der Waals surface area (Å²) in [6, 6.07) is 6.88. The van der Waals surface area contributed by atoms with Crippen molar-refractivity contribution in [1.29, 1.82) is 0 Å². The van der Waals surface area contributed by atoms with Crippen molar-refractivity contribution in [3.63, 3.8) is 0 Å². The van der Waals surface area contributed by atoms with Gasteiger partial charge in [0.15, 0.2) is 0 Å². The molecule has 154 valence electrons. The molecule has 2 aromatic rings. The minimum absolute atomic E-state index is 0.0895. The Bertz CT molecular complexity index is 867. The van der Waals surface area contributed by atoms with Crippen LogP contribution in [-0.2, 0) is 7.05 Å². The van der Waals surface area contributed by atoms with Crippen LogP contribution in [0.4, 0.5) is 21.6 Å². The molecule has 1 fully saturated rings. The van der Waals surface area contributed by atoms with E-state index >= 15 is 0 Å². The van der Waals surface area contributed by atoms with Gasteiger partial charge in [0.25, 0.3) is 5.56 Å². The molecule has 1 saturated carbocycles. The largest absolute Gasteiger partial charge is 0.337 e. The monoisotopic (exact) mass is 423 g/mol. The van der Waals surface area contributed by atoms with Crippen LogP contribution in [0.3, 0.4) is 0 Å². The van der Waals surface area contributed by atoms with Crippen molar-refractivity contribution in [3.8, 4) is 0 Å². The molecule has 2 N–H and O–H groups in total. The van der Waals surface area contributed by atoms with E-state index in [1.54, 1.807) is 36.2 Å². The smallest absolute Gasteiger partial charge is 0.254 e. The highest BCUT2D eigenvalue weighted by Crippen LogP contribution is 2.57. The van der Waals surface area contributed by atoms with Gasteiger partial charge >= 0.3 is 0 Å². The number of nitrogens with zero attached hydrogens (tertiary/aromatic N) is 1. The van der Waals surface area contributed by atoms with Crippen LogP contribution in [0.25, 0.3) is 0 Å². The van der Waals surface area contributed by atoms with Crippen molar-refractivity contribution >= 4 is 35.9 Å². The number of hydrogen-bond donors (Lipinski definition) is 2. The van der Waals surface area contributed by atoms with Crippen LogP contribution >= 0.6 is 18.7 Å². The number of halogens is 1. The Balaban J connectivity index is 0.00000136. The summed E-state index contributed by atoms with van der Waals surface area (Å²) in [5.41, 5.74) is 3.41. The van der Waals surface area contributed by atoms with Crippen molar-refractivity contribution in [2.75, 3.05) is 16.7 Å². The lowest BCUT2D eigenvalue weighted by atomic mass is 10.00. The Hall–Kier alpha value is -1.52. The van der Waals surface area contributed by atoms with Gasteiger partial charge in [-0.25, -0.2) is 4.39 Å². The van der Waals surface area contributed by atoms with E-state index in [0.29, 0.717) is 17.1 Å². The zero-order chi connectivity index (χ0) is 20.8. The lowest BCUT2D eigenvalue weighted by Gasteiger charge is -2.31. The number of hydrogen-bond acceptors (Lipinski definition) is 4. The first-order valence-corrected chi connectivity index (χ1v) is 13.0. The summed E-state index contributed by atoms with van der Waals surface area (Å²) in [6.07, 6.45) is 3.95. The van der Waals surface area contributed by atoms with Crippen molar-refractivity contribution in [2.45, 2.75) is 52.6 Å². The fourth-order valence-electron chi connectivity index (χ4n) is 2.92. The van der Waals surface area contributed by atoms with Gasteiger partial charge in [0.05, 0.1) is 11.4 Å². The molecule has 3 rings (SSSR count). The Morgan fingerprint density at radius 2 is 1.86 bits per heavy atom. The second-order valence-electron chi connectivity index (χ2n) is 6.89. The molecule has 1 aliphatic carbocycles. The average molecular weight is 424 g/mol. The molecule has 0 saturated heterocycles. The average Bonchev–Trinajstić information content (AvgIpc) is 2.62. The van der Waals surface area contributed by atoms with Gasteiger partial charge in [-0.2, -0.15) is 0 Å². The fraction of sp³-hybridized carbons (Fsp3) is 0.476. The van der Waals surface area contributed by atoms with Crippen LogP contribution in [0.1, 0.15) is 44.2 Å². The highest BCUT2D eigenvalue weighted by molar-refractivity contribution is 8.56. The van der Waals surface area contributed by atoms with E-state index in [1.807, 2.05) is 32.9 Å². The van der Waals surface area contributed by atoms with E-state index in [4.69, 9.17) is 0 Å². The predicted octanol–water partition coefficient (Wildman–Crippen LogP) is 6.55. The molecular weight excluding hydrogens is 392 g/mol. The normalized spacial score (nSPS) is 14.5. The SMILES string of the molecule is CC.Cc1ccc(Nc2c(NSP(C)C3CCC3)cc(C)c(=O)n2C)c(F)c1. The predicted molar refractivity (Wildman–Crippen MR) is 124 cm³/mol. The molecule has 1 unspecified atom stereocenters. The van der Waals surface area contributed by atoms with Crippen molar-refractivity contribution in [2.24, 2.45) is 7.05 Å². The van der Waals surface area contributed by atoms with E-state index in [9.17, 15) is 9.18 Å². The Morgan fingerprint density at radius 3 is 2.43 bits per heavy atom. The first kappa shape index (κ1) is 22.8. The molecular formula is C21H31FN3OPS. The summed E-state index contributed by atoms with van der Waals surface area (Å²) in [7, 11) is 1.54. The number of rotatable bonds is 6. The van der Waals surface area contributed by atoms with Gasteiger partial charge in [0, 0.05) is 12.6 Å². The lowest BCUT2D eigenvalue weighted by molar-refractivity contribution is 0.518. The van der Waals surface area contributed by atoms with Gasteiger partial charge in [0.2, 0.25) is 0 Å². The molecule has 0 spiro atoms. The lowest BCUT2D eigenvalue weighted by Crippen LogP contribution is -2.22. The number of aromatic nitrogens is 1. The van der Waals surface area contributed by atoms with Crippen molar-refractivity contribution in [1.82, 2.24) is 4.57 Å². The molecule has 0 radical (unpaired) electrons. The van der Waals surface area contributed by atoms with Gasteiger partial charge in [-0.1, -0.05) is 26.3 Å². The zero-order valence-corrected chi connectivity index (χ0v) is 19.3. The molecule has 1 atom stereocenters. The maximum atomic E-state index is 14.3. The minimum atomic E-state index is -0.330. The van der Waals surface area contributed by atoms with Gasteiger partial charge in [-0.05, 0) is 81.5 Å². The number of nitrogens with one attached hydrogen (secondary N) is 2. The van der Waals surface area contributed by atoms with Crippen LogP contribution in [-0.4, -0.2) is 16.9 Å². The Kier molecular flexibility index (Phi) is 8.38. The van der Waals surface area contributed by atoms with Crippen LogP contribution in [0.15, 0.2) is 29.1 Å². The van der Waals surface area contributed by atoms with Crippen LogP contribution < -0.4 is 15.6 Å². The van der Waals surface area contributed by atoms with Gasteiger partial charge in [0.1, 0.15) is 11.6 Å². The van der Waals surface area contributed by atoms with E-state index in [0.717, 1.165) is 16.9 Å². The number of anilines is 3. The van der Waals surface area contributed by atoms with Crippen LogP contribution in [0.2, 0.25) is 0 Å². The fourth-order valence-corrected chi connectivity index (χ4v) is 6.36. The molecule has 7 heteroatoms. The number of benzene rings is 1. The Morgan fingerprint density at radius 1 is 1.18 bits per heavy atom. The molecule has 1 aromatic heterocycles. The summed E-state index contributed by atoms with van der Waals surface area (Å²) >= 11 is 1.73. The third kappa shape index (κ3) is 5.30.